The number of rotatable bonds is 9. The molecule has 1 atom stereocenters. The lowest BCUT2D eigenvalue weighted by Gasteiger charge is -2.11. The molecule has 0 saturated carbocycles. The number of carbonyl (C=O) groups is 1. The number of methoxy groups -OCH3 is 1. The minimum atomic E-state index is 0.0510. The van der Waals surface area contributed by atoms with Gasteiger partial charge in [-0.25, -0.2) is 0 Å². The van der Waals surface area contributed by atoms with Gasteiger partial charge in [-0.2, -0.15) is 0 Å². The lowest BCUT2D eigenvalue weighted by Crippen LogP contribution is -2.15. The van der Waals surface area contributed by atoms with Crippen LogP contribution in [0.1, 0.15) is 19.8 Å². The van der Waals surface area contributed by atoms with Crippen LogP contribution in [0.5, 0.6) is 0 Å². The van der Waals surface area contributed by atoms with Gasteiger partial charge in [0.15, 0.2) is 0 Å². The molecule has 0 rings (SSSR count). The van der Waals surface area contributed by atoms with Crippen LogP contribution in [0.2, 0.25) is 0 Å². The van der Waals surface area contributed by atoms with E-state index in [0.717, 1.165) is 12.8 Å². The fourth-order valence-corrected chi connectivity index (χ4v) is 1.42. The van der Waals surface area contributed by atoms with Crippen molar-refractivity contribution in [3.05, 3.63) is 0 Å². The van der Waals surface area contributed by atoms with Crippen LogP contribution >= 0.6 is 11.6 Å². The van der Waals surface area contributed by atoms with Crippen LogP contribution in [-0.2, 0) is 14.3 Å². The van der Waals surface area contributed by atoms with E-state index in [1.165, 1.54) is 0 Å². The van der Waals surface area contributed by atoms with E-state index < -0.39 is 0 Å². The van der Waals surface area contributed by atoms with Gasteiger partial charge in [0, 0.05) is 25.5 Å². The summed E-state index contributed by atoms with van der Waals surface area (Å²) in [4.78, 5) is 11.1. The summed E-state index contributed by atoms with van der Waals surface area (Å²) in [7, 11) is 1.63. The summed E-state index contributed by atoms with van der Waals surface area (Å²) in [6.07, 6.45) is 1.50. The summed E-state index contributed by atoms with van der Waals surface area (Å²) in [5.74, 6) is 0.776. The third kappa shape index (κ3) is 7.30. The maximum Gasteiger partial charge on any atom is 0.133 e. The van der Waals surface area contributed by atoms with Crippen molar-refractivity contribution in [3.8, 4) is 0 Å². The molecular formula is C10H19ClO3. The van der Waals surface area contributed by atoms with Gasteiger partial charge in [-0.15, -0.1) is 11.6 Å². The van der Waals surface area contributed by atoms with Crippen molar-refractivity contribution >= 4 is 17.4 Å². The first-order chi connectivity index (χ1) is 6.72. The van der Waals surface area contributed by atoms with E-state index in [1.54, 1.807) is 14.0 Å². The molecule has 0 aliphatic heterocycles. The summed E-state index contributed by atoms with van der Waals surface area (Å²) < 4.78 is 10.1. The minimum Gasteiger partial charge on any atom is -0.382 e. The Kier molecular flexibility index (Phi) is 9.35. The van der Waals surface area contributed by atoms with Gasteiger partial charge in [0.25, 0.3) is 0 Å². The molecule has 0 radical (unpaired) electrons. The number of halogens is 1. The van der Waals surface area contributed by atoms with E-state index in [1.807, 2.05) is 0 Å². The molecule has 14 heavy (non-hydrogen) atoms. The number of hydrogen-bond donors (Lipinski definition) is 0. The van der Waals surface area contributed by atoms with Crippen molar-refractivity contribution in [3.63, 3.8) is 0 Å². The Morgan fingerprint density at radius 1 is 1.29 bits per heavy atom. The van der Waals surface area contributed by atoms with Gasteiger partial charge in [0.2, 0.25) is 0 Å². The van der Waals surface area contributed by atoms with Crippen LogP contribution in [0.15, 0.2) is 0 Å². The molecule has 0 bridgehead atoms. The molecule has 0 spiro atoms. The largest absolute Gasteiger partial charge is 0.382 e. The van der Waals surface area contributed by atoms with Crippen molar-refractivity contribution in [2.24, 2.45) is 5.92 Å². The highest BCUT2D eigenvalue weighted by molar-refractivity contribution is 6.18. The second-order valence-corrected chi connectivity index (χ2v) is 3.56. The third-order valence-electron chi connectivity index (χ3n) is 2.07. The summed E-state index contributed by atoms with van der Waals surface area (Å²) >= 11 is 5.59. The topological polar surface area (TPSA) is 35.5 Å². The van der Waals surface area contributed by atoms with Crippen LogP contribution in [0.3, 0.4) is 0 Å². The van der Waals surface area contributed by atoms with Gasteiger partial charge >= 0.3 is 0 Å². The average molecular weight is 223 g/mol. The number of hydrogen-bond acceptors (Lipinski definition) is 3. The minimum absolute atomic E-state index is 0.0510. The number of alkyl halides is 1. The molecule has 0 aromatic carbocycles. The van der Waals surface area contributed by atoms with Crippen LogP contribution < -0.4 is 0 Å². The first kappa shape index (κ1) is 13.9. The highest BCUT2D eigenvalue weighted by atomic mass is 35.5. The van der Waals surface area contributed by atoms with Crippen molar-refractivity contribution in [2.45, 2.75) is 19.8 Å². The lowest BCUT2D eigenvalue weighted by atomic mass is 9.99. The smallest absolute Gasteiger partial charge is 0.133 e. The molecule has 0 saturated heterocycles. The second kappa shape index (κ2) is 9.44. The highest BCUT2D eigenvalue weighted by Gasteiger charge is 2.12. The van der Waals surface area contributed by atoms with E-state index in [9.17, 15) is 4.79 Å². The van der Waals surface area contributed by atoms with Crippen molar-refractivity contribution in [2.75, 3.05) is 32.8 Å². The zero-order valence-corrected chi connectivity index (χ0v) is 9.68. The maximum atomic E-state index is 11.1. The van der Waals surface area contributed by atoms with Crippen LogP contribution in [0.25, 0.3) is 0 Å². The predicted molar refractivity (Wildman–Crippen MR) is 56.8 cm³/mol. The molecule has 3 nitrogen and oxygen atoms in total. The van der Waals surface area contributed by atoms with Gasteiger partial charge in [-0.3, -0.25) is 4.79 Å². The maximum absolute atomic E-state index is 11.1. The van der Waals surface area contributed by atoms with Gasteiger partial charge in [0.1, 0.15) is 5.78 Å². The van der Waals surface area contributed by atoms with Gasteiger partial charge in [-0.1, -0.05) is 0 Å². The number of ether oxygens (including phenoxy) is 2. The first-order valence-electron chi connectivity index (χ1n) is 4.85. The van der Waals surface area contributed by atoms with Crippen LogP contribution in [0.4, 0.5) is 0 Å². The summed E-state index contributed by atoms with van der Waals surface area (Å²) in [5, 5.41) is 0. The zero-order chi connectivity index (χ0) is 10.8. The molecule has 0 amide bonds. The average Bonchev–Trinajstić information content (AvgIpc) is 2.15. The molecule has 0 heterocycles. The van der Waals surface area contributed by atoms with E-state index in [4.69, 9.17) is 21.1 Å². The zero-order valence-electron chi connectivity index (χ0n) is 8.92. The van der Waals surface area contributed by atoms with Crippen LogP contribution in [0, 0.1) is 5.92 Å². The molecule has 1 unspecified atom stereocenters. The summed E-state index contributed by atoms with van der Waals surface area (Å²) in [6.45, 7) is 3.39. The second-order valence-electron chi connectivity index (χ2n) is 3.18. The fourth-order valence-electron chi connectivity index (χ4n) is 1.15. The molecule has 0 fully saturated rings. The normalized spacial score (nSPS) is 12.8. The van der Waals surface area contributed by atoms with Crippen LogP contribution in [-0.4, -0.2) is 38.6 Å². The van der Waals surface area contributed by atoms with E-state index in [0.29, 0.717) is 25.7 Å². The third-order valence-corrected chi connectivity index (χ3v) is 2.29. The SMILES string of the molecule is COCCOCCC(CCCl)C(C)=O. The summed E-state index contributed by atoms with van der Waals surface area (Å²) in [6, 6.07) is 0. The Labute approximate surface area is 90.7 Å². The Bertz CT molecular complexity index is 150. The molecule has 0 aromatic heterocycles. The van der Waals surface area contributed by atoms with Gasteiger partial charge in [0.05, 0.1) is 13.2 Å². The highest BCUT2D eigenvalue weighted by Crippen LogP contribution is 2.11. The van der Waals surface area contributed by atoms with E-state index in [2.05, 4.69) is 0 Å². The fraction of sp³-hybridized carbons (Fsp3) is 0.900. The molecule has 0 N–H and O–H groups in total. The Morgan fingerprint density at radius 2 is 2.00 bits per heavy atom. The quantitative estimate of drug-likeness (QED) is 0.441. The molecule has 0 aliphatic carbocycles. The molecule has 84 valence electrons. The Balaban J connectivity index is 3.46. The molecule has 4 heteroatoms. The predicted octanol–water partition coefficient (Wildman–Crippen LogP) is 1.87. The molecule has 0 aromatic rings. The Morgan fingerprint density at radius 3 is 2.50 bits per heavy atom. The number of carbonyl (C=O) groups excluding carboxylic acids is 1. The Hall–Kier alpha value is -0.120. The van der Waals surface area contributed by atoms with Gasteiger partial charge in [-0.05, 0) is 19.8 Å². The van der Waals surface area contributed by atoms with E-state index >= 15 is 0 Å². The monoisotopic (exact) mass is 222 g/mol. The number of Topliss-reactive ketones (excluding diaryl/α,β-unsaturated/α-hetero) is 1. The summed E-state index contributed by atoms with van der Waals surface area (Å²) in [5.41, 5.74) is 0. The number of ketones is 1. The standard InChI is InChI=1S/C10H19ClO3/c1-9(12)10(3-5-11)4-6-14-8-7-13-2/h10H,3-8H2,1-2H3. The van der Waals surface area contributed by atoms with Gasteiger partial charge < -0.3 is 9.47 Å². The lowest BCUT2D eigenvalue weighted by molar-refractivity contribution is -0.121. The van der Waals surface area contributed by atoms with Crippen molar-refractivity contribution in [1.29, 1.82) is 0 Å². The van der Waals surface area contributed by atoms with Crippen molar-refractivity contribution < 1.29 is 14.3 Å². The molecule has 0 aliphatic rings. The first-order valence-corrected chi connectivity index (χ1v) is 5.39. The van der Waals surface area contributed by atoms with Crippen molar-refractivity contribution in [1.82, 2.24) is 0 Å². The van der Waals surface area contributed by atoms with E-state index in [-0.39, 0.29) is 11.7 Å². The molecular weight excluding hydrogens is 204 g/mol.